The van der Waals surface area contributed by atoms with Crippen LogP contribution in [0.15, 0.2) is 71.8 Å². The van der Waals surface area contributed by atoms with Gasteiger partial charge >= 0.3 is 0 Å². The molecule has 0 N–H and O–H groups in total. The molecule has 0 saturated heterocycles. The van der Waals surface area contributed by atoms with E-state index in [2.05, 4.69) is 0 Å². The van der Waals surface area contributed by atoms with Crippen LogP contribution in [-0.2, 0) is 16.6 Å². The highest BCUT2D eigenvalue weighted by Gasteiger charge is 2.37. The maximum Gasteiger partial charge on any atom is 0.244 e. The van der Waals surface area contributed by atoms with Gasteiger partial charge in [-0.25, -0.2) is 12.8 Å². The average molecular weight is 398 g/mol. The Balaban J connectivity index is 1.80. The SMILES string of the molecule is CC(=O)c1ccc(S(=O)(=O)N2CCn3cccc3[C@H]2c2ccc(F)cc2)cc1. The molecular formula is C21H19FN2O3S. The maximum atomic E-state index is 13.4. The van der Waals surface area contributed by atoms with Gasteiger partial charge in [-0.2, -0.15) is 4.31 Å². The molecule has 28 heavy (non-hydrogen) atoms. The third-order valence-corrected chi connectivity index (χ3v) is 6.93. The first-order chi connectivity index (χ1) is 13.4. The van der Waals surface area contributed by atoms with Crippen molar-refractivity contribution >= 4 is 15.8 Å². The highest BCUT2D eigenvalue weighted by atomic mass is 32.2. The van der Waals surface area contributed by atoms with E-state index >= 15 is 0 Å². The Morgan fingerprint density at radius 3 is 2.32 bits per heavy atom. The summed E-state index contributed by atoms with van der Waals surface area (Å²) >= 11 is 0. The van der Waals surface area contributed by atoms with Crippen LogP contribution in [0.4, 0.5) is 4.39 Å². The molecule has 0 aliphatic carbocycles. The minimum atomic E-state index is -3.82. The van der Waals surface area contributed by atoms with Gasteiger partial charge in [-0.1, -0.05) is 24.3 Å². The molecule has 0 unspecified atom stereocenters. The summed E-state index contributed by atoms with van der Waals surface area (Å²) in [5.41, 5.74) is 1.99. The van der Waals surface area contributed by atoms with Gasteiger partial charge in [0.05, 0.1) is 10.9 Å². The second-order valence-corrected chi connectivity index (χ2v) is 8.67. The van der Waals surface area contributed by atoms with Crippen molar-refractivity contribution < 1.29 is 17.6 Å². The number of sulfonamides is 1. The molecule has 0 spiro atoms. The van der Waals surface area contributed by atoms with Gasteiger partial charge in [0.1, 0.15) is 5.82 Å². The van der Waals surface area contributed by atoms with Gasteiger partial charge in [0.15, 0.2) is 5.78 Å². The van der Waals surface area contributed by atoms with E-state index in [1.807, 2.05) is 22.9 Å². The quantitative estimate of drug-likeness (QED) is 0.631. The summed E-state index contributed by atoms with van der Waals surface area (Å²) in [5.74, 6) is -0.492. The van der Waals surface area contributed by atoms with Crippen molar-refractivity contribution in [2.45, 2.75) is 24.4 Å². The molecule has 0 amide bonds. The monoisotopic (exact) mass is 398 g/mol. The molecule has 1 aromatic heterocycles. The highest BCUT2D eigenvalue weighted by molar-refractivity contribution is 7.89. The minimum absolute atomic E-state index is 0.121. The number of carbonyl (C=O) groups excluding carboxylic acids is 1. The molecule has 1 atom stereocenters. The van der Waals surface area contributed by atoms with E-state index in [-0.39, 0.29) is 16.5 Å². The van der Waals surface area contributed by atoms with Crippen molar-refractivity contribution in [3.8, 4) is 0 Å². The fraction of sp³-hybridized carbons (Fsp3) is 0.190. The molecule has 4 rings (SSSR count). The smallest absolute Gasteiger partial charge is 0.244 e. The van der Waals surface area contributed by atoms with E-state index in [4.69, 9.17) is 0 Å². The summed E-state index contributed by atoms with van der Waals surface area (Å²) in [6, 6.07) is 15.1. The first-order valence-electron chi connectivity index (χ1n) is 8.91. The number of fused-ring (bicyclic) bond motifs is 1. The lowest BCUT2D eigenvalue weighted by molar-refractivity contribution is 0.101. The van der Waals surface area contributed by atoms with E-state index in [0.717, 1.165) is 5.69 Å². The molecular weight excluding hydrogens is 379 g/mol. The maximum absolute atomic E-state index is 13.4. The molecule has 0 saturated carbocycles. The third-order valence-electron chi connectivity index (χ3n) is 5.05. The number of nitrogens with zero attached hydrogens (tertiary/aromatic N) is 2. The van der Waals surface area contributed by atoms with E-state index in [1.165, 1.54) is 47.6 Å². The summed E-state index contributed by atoms with van der Waals surface area (Å²) in [5, 5.41) is 0. The Bertz CT molecular complexity index is 1120. The fourth-order valence-electron chi connectivity index (χ4n) is 3.60. The fourth-order valence-corrected chi connectivity index (χ4v) is 5.18. The normalized spacial score (nSPS) is 17.3. The summed E-state index contributed by atoms with van der Waals surface area (Å²) < 4.78 is 43.7. The number of aromatic nitrogens is 1. The van der Waals surface area contributed by atoms with E-state index < -0.39 is 16.1 Å². The van der Waals surface area contributed by atoms with Crippen LogP contribution in [0.1, 0.15) is 34.6 Å². The van der Waals surface area contributed by atoms with Gasteiger partial charge in [0.25, 0.3) is 0 Å². The summed E-state index contributed by atoms with van der Waals surface area (Å²) in [6.07, 6.45) is 1.91. The first-order valence-corrected chi connectivity index (χ1v) is 10.4. The summed E-state index contributed by atoms with van der Waals surface area (Å²) in [4.78, 5) is 11.6. The Kier molecular flexibility index (Phi) is 4.64. The van der Waals surface area contributed by atoms with Crippen LogP contribution >= 0.6 is 0 Å². The van der Waals surface area contributed by atoms with E-state index in [1.54, 1.807) is 12.1 Å². The number of Topliss-reactive ketones (excluding diaryl/α,β-unsaturated/α-hetero) is 1. The number of halogens is 1. The van der Waals surface area contributed by atoms with Gasteiger partial charge < -0.3 is 4.57 Å². The molecule has 7 heteroatoms. The number of hydrogen-bond acceptors (Lipinski definition) is 3. The Hall–Kier alpha value is -2.77. The molecule has 0 bridgehead atoms. The molecule has 3 aromatic rings. The van der Waals surface area contributed by atoms with Crippen molar-refractivity contribution in [1.82, 2.24) is 8.87 Å². The summed E-state index contributed by atoms with van der Waals surface area (Å²) in [7, 11) is -3.82. The third kappa shape index (κ3) is 3.16. The van der Waals surface area contributed by atoms with Crippen LogP contribution in [0.2, 0.25) is 0 Å². The standard InChI is InChI=1S/C21H19FN2O3S/c1-15(25)16-6-10-19(11-7-16)28(26,27)24-14-13-23-12-2-3-20(23)21(24)17-4-8-18(22)9-5-17/h2-12,21H,13-14H2,1H3/t21-/m1/s1. The zero-order chi connectivity index (χ0) is 19.9. The second kappa shape index (κ2) is 7.00. The number of ketones is 1. The van der Waals surface area contributed by atoms with Crippen molar-refractivity contribution in [2.75, 3.05) is 6.54 Å². The van der Waals surface area contributed by atoms with E-state index in [9.17, 15) is 17.6 Å². The highest BCUT2D eigenvalue weighted by Crippen LogP contribution is 2.36. The molecule has 2 aromatic carbocycles. The number of carbonyl (C=O) groups is 1. The Morgan fingerprint density at radius 1 is 1.00 bits per heavy atom. The predicted octanol–water partition coefficient (Wildman–Crippen LogP) is 3.62. The topological polar surface area (TPSA) is 59.4 Å². The van der Waals surface area contributed by atoms with Gasteiger partial charge in [-0.05, 0) is 48.9 Å². The van der Waals surface area contributed by atoms with Crippen LogP contribution in [0, 0.1) is 5.82 Å². The largest absolute Gasteiger partial charge is 0.348 e. The lowest BCUT2D eigenvalue weighted by Crippen LogP contribution is -2.42. The molecule has 144 valence electrons. The lowest BCUT2D eigenvalue weighted by Gasteiger charge is -2.36. The van der Waals surface area contributed by atoms with Gasteiger partial charge in [-0.3, -0.25) is 4.79 Å². The number of rotatable bonds is 4. The van der Waals surface area contributed by atoms with Gasteiger partial charge in [0.2, 0.25) is 10.0 Å². The zero-order valence-electron chi connectivity index (χ0n) is 15.2. The van der Waals surface area contributed by atoms with Gasteiger partial charge in [0, 0.05) is 30.5 Å². The average Bonchev–Trinajstić information content (AvgIpc) is 3.17. The van der Waals surface area contributed by atoms with Crippen LogP contribution in [-0.4, -0.2) is 29.6 Å². The summed E-state index contributed by atoms with van der Waals surface area (Å²) in [6.45, 7) is 2.26. The lowest BCUT2D eigenvalue weighted by atomic mass is 10.0. The van der Waals surface area contributed by atoms with Crippen LogP contribution in [0.25, 0.3) is 0 Å². The van der Waals surface area contributed by atoms with Gasteiger partial charge in [-0.15, -0.1) is 0 Å². The van der Waals surface area contributed by atoms with E-state index in [0.29, 0.717) is 24.2 Å². The van der Waals surface area contributed by atoms with Crippen molar-refractivity contribution in [1.29, 1.82) is 0 Å². The van der Waals surface area contributed by atoms with Crippen molar-refractivity contribution in [3.05, 3.63) is 89.5 Å². The van der Waals surface area contributed by atoms with Crippen molar-refractivity contribution in [3.63, 3.8) is 0 Å². The van der Waals surface area contributed by atoms with Crippen molar-refractivity contribution in [2.24, 2.45) is 0 Å². The zero-order valence-corrected chi connectivity index (χ0v) is 16.1. The molecule has 1 aliphatic rings. The molecule has 0 fully saturated rings. The Morgan fingerprint density at radius 2 is 1.68 bits per heavy atom. The Labute approximate surface area is 163 Å². The number of benzene rings is 2. The molecule has 5 nitrogen and oxygen atoms in total. The predicted molar refractivity (Wildman–Crippen MR) is 103 cm³/mol. The second-order valence-electron chi connectivity index (χ2n) is 6.78. The van der Waals surface area contributed by atoms with Crippen LogP contribution < -0.4 is 0 Å². The minimum Gasteiger partial charge on any atom is -0.348 e. The molecule has 2 heterocycles. The molecule has 0 radical (unpaired) electrons. The van der Waals surface area contributed by atoms with Crippen LogP contribution in [0.5, 0.6) is 0 Å². The first kappa shape index (κ1) is 18.6. The number of hydrogen-bond donors (Lipinski definition) is 0. The molecule has 1 aliphatic heterocycles. The van der Waals surface area contributed by atoms with Crippen LogP contribution in [0.3, 0.4) is 0 Å².